The van der Waals surface area contributed by atoms with Gasteiger partial charge in [0.15, 0.2) is 0 Å². The van der Waals surface area contributed by atoms with E-state index in [-0.39, 0.29) is 0 Å². The molecule has 1 saturated heterocycles. The van der Waals surface area contributed by atoms with Crippen LogP contribution in [0, 0.1) is 0 Å². The first-order valence-corrected chi connectivity index (χ1v) is 7.75. The van der Waals surface area contributed by atoms with Gasteiger partial charge in [-0.25, -0.2) is 0 Å². The molecule has 0 saturated carbocycles. The van der Waals surface area contributed by atoms with E-state index in [1.807, 2.05) is 30.5 Å². The lowest BCUT2D eigenvalue weighted by Gasteiger charge is -2.17. The van der Waals surface area contributed by atoms with Crippen LogP contribution in [-0.2, 0) is 0 Å². The number of aliphatic imine (C=N–C) groups is 1. The van der Waals surface area contributed by atoms with Gasteiger partial charge in [-0.15, -0.1) is 0 Å². The van der Waals surface area contributed by atoms with Crippen LogP contribution in [0.1, 0.15) is 18.4 Å². The molecule has 102 valence electrons. The zero-order valence-corrected chi connectivity index (χ0v) is 12.9. The van der Waals surface area contributed by atoms with Crippen molar-refractivity contribution in [1.82, 2.24) is 0 Å². The predicted octanol–water partition coefficient (Wildman–Crippen LogP) is 4.80. The van der Waals surface area contributed by atoms with E-state index in [0.717, 1.165) is 15.7 Å². The van der Waals surface area contributed by atoms with E-state index in [2.05, 4.69) is 50.1 Å². The Bertz CT molecular complexity index is 581. The molecule has 1 aliphatic heterocycles. The van der Waals surface area contributed by atoms with E-state index in [1.54, 1.807) is 0 Å². The summed E-state index contributed by atoms with van der Waals surface area (Å²) < 4.78 is 1.08. The molecule has 0 radical (unpaired) electrons. The maximum Gasteiger partial charge on any atom is 0.0630 e. The molecule has 3 heteroatoms. The van der Waals surface area contributed by atoms with Crippen molar-refractivity contribution in [1.29, 1.82) is 0 Å². The zero-order valence-electron chi connectivity index (χ0n) is 11.3. The highest BCUT2D eigenvalue weighted by atomic mass is 79.9. The molecule has 0 aliphatic carbocycles. The molecule has 1 aliphatic rings. The van der Waals surface area contributed by atoms with Crippen LogP contribution in [0.25, 0.3) is 0 Å². The van der Waals surface area contributed by atoms with Crippen LogP contribution in [0.15, 0.2) is 58.0 Å². The van der Waals surface area contributed by atoms with E-state index in [0.29, 0.717) is 0 Å². The second kappa shape index (κ2) is 6.23. The number of halogens is 1. The Balaban J connectivity index is 1.69. The minimum absolute atomic E-state index is 0.969. The highest BCUT2D eigenvalue weighted by Gasteiger charge is 2.11. The first kappa shape index (κ1) is 13.4. The Morgan fingerprint density at radius 3 is 2.20 bits per heavy atom. The van der Waals surface area contributed by atoms with Crippen LogP contribution in [0.4, 0.5) is 11.4 Å². The van der Waals surface area contributed by atoms with Crippen LogP contribution in [0.2, 0.25) is 0 Å². The van der Waals surface area contributed by atoms with Gasteiger partial charge in [-0.2, -0.15) is 0 Å². The maximum atomic E-state index is 4.49. The fourth-order valence-corrected chi connectivity index (χ4v) is 2.69. The van der Waals surface area contributed by atoms with Crippen molar-refractivity contribution in [2.45, 2.75) is 12.8 Å². The zero-order chi connectivity index (χ0) is 13.8. The number of anilines is 1. The van der Waals surface area contributed by atoms with Crippen molar-refractivity contribution >= 4 is 33.5 Å². The van der Waals surface area contributed by atoms with Gasteiger partial charge in [0.2, 0.25) is 0 Å². The summed E-state index contributed by atoms with van der Waals surface area (Å²) in [5.41, 5.74) is 3.43. The summed E-state index contributed by atoms with van der Waals surface area (Å²) >= 11 is 3.43. The maximum absolute atomic E-state index is 4.49. The summed E-state index contributed by atoms with van der Waals surface area (Å²) in [5, 5.41) is 0. The fraction of sp³-hybridized carbons (Fsp3) is 0.235. The van der Waals surface area contributed by atoms with Gasteiger partial charge >= 0.3 is 0 Å². The van der Waals surface area contributed by atoms with Gasteiger partial charge in [0.1, 0.15) is 0 Å². The quantitative estimate of drug-likeness (QED) is 0.739. The Hall–Kier alpha value is -1.61. The SMILES string of the molecule is Brc1ccc(N=Cc2ccc(N3CCCC3)cc2)cc1. The lowest BCUT2D eigenvalue weighted by molar-refractivity contribution is 0.949. The van der Waals surface area contributed by atoms with Crippen molar-refractivity contribution in [3.63, 3.8) is 0 Å². The summed E-state index contributed by atoms with van der Waals surface area (Å²) in [6.07, 6.45) is 4.54. The van der Waals surface area contributed by atoms with E-state index in [9.17, 15) is 0 Å². The molecule has 1 heterocycles. The lowest BCUT2D eigenvalue weighted by atomic mass is 10.2. The molecular weight excluding hydrogens is 312 g/mol. The van der Waals surface area contributed by atoms with Gasteiger partial charge < -0.3 is 4.90 Å². The molecule has 2 nitrogen and oxygen atoms in total. The summed E-state index contributed by atoms with van der Waals surface area (Å²) in [5.74, 6) is 0. The average molecular weight is 329 g/mol. The van der Waals surface area contributed by atoms with Gasteiger partial charge in [-0.05, 0) is 54.8 Å². The highest BCUT2D eigenvalue weighted by molar-refractivity contribution is 9.10. The molecule has 0 bridgehead atoms. The smallest absolute Gasteiger partial charge is 0.0630 e. The predicted molar refractivity (Wildman–Crippen MR) is 89.3 cm³/mol. The monoisotopic (exact) mass is 328 g/mol. The topological polar surface area (TPSA) is 15.6 Å². The fourth-order valence-electron chi connectivity index (χ4n) is 2.42. The number of hydrogen-bond acceptors (Lipinski definition) is 2. The van der Waals surface area contributed by atoms with E-state index < -0.39 is 0 Å². The van der Waals surface area contributed by atoms with Gasteiger partial charge in [0, 0.05) is 29.5 Å². The number of hydrogen-bond donors (Lipinski definition) is 0. The van der Waals surface area contributed by atoms with Crippen molar-refractivity contribution in [2.75, 3.05) is 18.0 Å². The third-order valence-electron chi connectivity index (χ3n) is 3.55. The van der Waals surface area contributed by atoms with Crippen LogP contribution in [0.3, 0.4) is 0 Å². The summed E-state index contributed by atoms with van der Waals surface area (Å²) in [6.45, 7) is 2.37. The highest BCUT2D eigenvalue weighted by Crippen LogP contribution is 2.20. The number of rotatable bonds is 3. The standard InChI is InChI=1S/C17H17BrN2/c18-15-5-7-16(8-6-15)19-13-14-3-9-17(10-4-14)20-11-1-2-12-20/h3-10,13H,1-2,11-12H2. The van der Waals surface area contributed by atoms with Gasteiger partial charge in [0.05, 0.1) is 5.69 Å². The molecule has 1 fully saturated rings. The molecule has 0 unspecified atom stereocenters. The van der Waals surface area contributed by atoms with Crippen molar-refractivity contribution in [3.8, 4) is 0 Å². The van der Waals surface area contributed by atoms with Gasteiger partial charge in [-0.3, -0.25) is 4.99 Å². The Morgan fingerprint density at radius 1 is 0.900 bits per heavy atom. The largest absolute Gasteiger partial charge is 0.372 e. The Labute approximate surface area is 128 Å². The van der Waals surface area contributed by atoms with Crippen LogP contribution >= 0.6 is 15.9 Å². The average Bonchev–Trinajstić information content (AvgIpc) is 3.01. The van der Waals surface area contributed by atoms with Crippen LogP contribution in [0.5, 0.6) is 0 Å². The number of benzene rings is 2. The normalized spacial score (nSPS) is 15.2. The van der Waals surface area contributed by atoms with E-state index >= 15 is 0 Å². The Morgan fingerprint density at radius 2 is 1.55 bits per heavy atom. The molecule has 2 aromatic carbocycles. The number of nitrogens with zero attached hydrogens (tertiary/aromatic N) is 2. The lowest BCUT2D eigenvalue weighted by Crippen LogP contribution is -2.17. The second-order valence-electron chi connectivity index (χ2n) is 5.02. The molecule has 20 heavy (non-hydrogen) atoms. The van der Waals surface area contributed by atoms with Crippen LogP contribution < -0.4 is 4.90 Å². The molecular formula is C17H17BrN2. The van der Waals surface area contributed by atoms with Gasteiger partial charge in [0.25, 0.3) is 0 Å². The molecule has 0 spiro atoms. The molecule has 3 rings (SSSR count). The first-order chi connectivity index (χ1) is 9.81. The molecule has 0 N–H and O–H groups in total. The summed E-state index contributed by atoms with van der Waals surface area (Å²) in [7, 11) is 0. The molecule has 0 amide bonds. The summed E-state index contributed by atoms with van der Waals surface area (Å²) in [6, 6.07) is 16.7. The summed E-state index contributed by atoms with van der Waals surface area (Å²) in [4.78, 5) is 6.93. The molecule has 0 atom stereocenters. The first-order valence-electron chi connectivity index (χ1n) is 6.96. The van der Waals surface area contributed by atoms with Crippen molar-refractivity contribution < 1.29 is 0 Å². The second-order valence-corrected chi connectivity index (χ2v) is 5.94. The van der Waals surface area contributed by atoms with Crippen molar-refractivity contribution in [3.05, 3.63) is 58.6 Å². The Kier molecular flexibility index (Phi) is 4.16. The van der Waals surface area contributed by atoms with E-state index in [4.69, 9.17) is 0 Å². The van der Waals surface area contributed by atoms with Crippen molar-refractivity contribution in [2.24, 2.45) is 4.99 Å². The molecule has 0 aromatic heterocycles. The minimum Gasteiger partial charge on any atom is -0.372 e. The third-order valence-corrected chi connectivity index (χ3v) is 4.08. The minimum atomic E-state index is 0.969. The third kappa shape index (κ3) is 3.28. The van der Waals surface area contributed by atoms with E-state index in [1.165, 1.54) is 31.6 Å². The molecule has 2 aromatic rings. The van der Waals surface area contributed by atoms with Gasteiger partial charge in [-0.1, -0.05) is 28.1 Å². The van der Waals surface area contributed by atoms with Crippen LogP contribution in [-0.4, -0.2) is 19.3 Å².